The molecule has 0 aliphatic rings. The van der Waals surface area contributed by atoms with Crippen molar-refractivity contribution in [2.24, 2.45) is 0 Å². The number of rotatable bonds is 6. The molecule has 156 valence electrons. The SMILES string of the molecule is Cc1nc2c(C#N)cnn2c(C)c1CCC(=O)NC(c1ccc(F)cc1)c1cccs1. The first kappa shape index (κ1) is 20.7. The Morgan fingerprint density at radius 1 is 1.29 bits per heavy atom. The van der Waals surface area contributed by atoms with E-state index >= 15 is 0 Å². The summed E-state index contributed by atoms with van der Waals surface area (Å²) >= 11 is 1.54. The summed E-state index contributed by atoms with van der Waals surface area (Å²) in [6.07, 6.45) is 2.26. The fraction of sp³-hybridized carbons (Fsp3) is 0.217. The molecule has 0 bridgehead atoms. The van der Waals surface area contributed by atoms with Crippen molar-refractivity contribution in [2.75, 3.05) is 0 Å². The Morgan fingerprint density at radius 2 is 2.06 bits per heavy atom. The molecule has 0 radical (unpaired) electrons. The van der Waals surface area contributed by atoms with Crippen molar-refractivity contribution in [1.82, 2.24) is 19.9 Å². The van der Waals surface area contributed by atoms with Gasteiger partial charge >= 0.3 is 0 Å². The monoisotopic (exact) mass is 433 g/mol. The van der Waals surface area contributed by atoms with Crippen LogP contribution in [0, 0.1) is 31.0 Å². The molecule has 0 aliphatic heterocycles. The largest absolute Gasteiger partial charge is 0.344 e. The van der Waals surface area contributed by atoms with Gasteiger partial charge in [-0.25, -0.2) is 13.9 Å². The Bertz CT molecular complexity index is 1270. The predicted molar refractivity (Wildman–Crippen MR) is 116 cm³/mol. The van der Waals surface area contributed by atoms with Gasteiger partial charge in [-0.15, -0.1) is 11.3 Å². The molecule has 8 heteroatoms. The minimum absolute atomic E-state index is 0.111. The van der Waals surface area contributed by atoms with E-state index in [0.717, 1.165) is 27.4 Å². The van der Waals surface area contributed by atoms with Gasteiger partial charge in [0.2, 0.25) is 5.91 Å². The second kappa shape index (κ2) is 8.66. The van der Waals surface area contributed by atoms with Crippen molar-refractivity contribution < 1.29 is 9.18 Å². The molecule has 3 aromatic heterocycles. The van der Waals surface area contributed by atoms with E-state index in [1.807, 2.05) is 31.4 Å². The van der Waals surface area contributed by atoms with Crippen LogP contribution in [0.1, 0.15) is 45.4 Å². The lowest BCUT2D eigenvalue weighted by Crippen LogP contribution is -2.29. The van der Waals surface area contributed by atoms with Gasteiger partial charge in [-0.05, 0) is 55.0 Å². The number of hydrogen-bond acceptors (Lipinski definition) is 5. The summed E-state index contributed by atoms with van der Waals surface area (Å²) in [6, 6.07) is 11.8. The Morgan fingerprint density at radius 3 is 2.74 bits per heavy atom. The van der Waals surface area contributed by atoms with Gasteiger partial charge in [0.15, 0.2) is 5.65 Å². The molecule has 1 atom stereocenters. The van der Waals surface area contributed by atoms with Crippen LogP contribution in [0.15, 0.2) is 48.0 Å². The smallest absolute Gasteiger partial charge is 0.221 e. The number of thiophene rings is 1. The van der Waals surface area contributed by atoms with Crippen LogP contribution >= 0.6 is 11.3 Å². The fourth-order valence-electron chi connectivity index (χ4n) is 3.65. The third-order valence-corrected chi connectivity index (χ3v) is 6.20. The Balaban J connectivity index is 1.53. The van der Waals surface area contributed by atoms with Gasteiger partial charge < -0.3 is 5.32 Å². The zero-order chi connectivity index (χ0) is 22.0. The summed E-state index contributed by atoms with van der Waals surface area (Å²) in [6.45, 7) is 3.79. The molecule has 0 saturated heterocycles. The van der Waals surface area contributed by atoms with Gasteiger partial charge in [-0.2, -0.15) is 10.4 Å². The normalized spacial score (nSPS) is 11.9. The minimum Gasteiger partial charge on any atom is -0.344 e. The number of carbonyl (C=O) groups excluding carboxylic acids is 1. The van der Waals surface area contributed by atoms with Crippen molar-refractivity contribution in [3.8, 4) is 6.07 Å². The first-order valence-corrected chi connectivity index (χ1v) is 10.7. The van der Waals surface area contributed by atoms with Crippen LogP contribution in [0.4, 0.5) is 4.39 Å². The van der Waals surface area contributed by atoms with Crippen molar-refractivity contribution >= 4 is 22.9 Å². The van der Waals surface area contributed by atoms with Gasteiger partial charge in [0.1, 0.15) is 17.4 Å². The number of amides is 1. The number of aromatic nitrogens is 3. The van der Waals surface area contributed by atoms with Crippen molar-refractivity contribution in [3.63, 3.8) is 0 Å². The summed E-state index contributed by atoms with van der Waals surface area (Å²) in [4.78, 5) is 18.3. The van der Waals surface area contributed by atoms with Gasteiger partial charge in [0, 0.05) is 22.7 Å². The van der Waals surface area contributed by atoms with Crippen molar-refractivity contribution in [3.05, 3.63) is 86.7 Å². The molecule has 0 fully saturated rings. The van der Waals surface area contributed by atoms with Crippen LogP contribution in [0.25, 0.3) is 5.65 Å². The molecule has 1 unspecified atom stereocenters. The number of aryl methyl sites for hydroxylation is 2. The number of benzene rings is 1. The van der Waals surface area contributed by atoms with Crippen molar-refractivity contribution in [1.29, 1.82) is 5.26 Å². The standard InChI is InChI=1S/C23H20FN5OS/c1-14-19(15(2)29-23(27-14)17(12-25)13-26-29)9-10-21(30)28-22(20-4-3-11-31-20)16-5-7-18(24)8-6-16/h3-8,11,13,22H,9-10H2,1-2H3,(H,28,30). The average Bonchev–Trinajstić information content (AvgIpc) is 3.42. The van der Waals surface area contributed by atoms with E-state index in [2.05, 4.69) is 21.5 Å². The highest BCUT2D eigenvalue weighted by molar-refractivity contribution is 7.10. The molecule has 0 aliphatic carbocycles. The van der Waals surface area contributed by atoms with Crippen LogP contribution in [-0.4, -0.2) is 20.5 Å². The molecule has 1 aromatic carbocycles. The van der Waals surface area contributed by atoms with Crippen LogP contribution in [0.5, 0.6) is 0 Å². The maximum Gasteiger partial charge on any atom is 0.221 e. The quantitative estimate of drug-likeness (QED) is 0.493. The van der Waals surface area contributed by atoms with Gasteiger partial charge in [-0.1, -0.05) is 18.2 Å². The Hall–Kier alpha value is -3.57. The van der Waals surface area contributed by atoms with Gasteiger partial charge in [0.05, 0.1) is 12.2 Å². The summed E-state index contributed by atoms with van der Waals surface area (Å²) in [5.41, 5.74) is 4.36. The molecule has 4 rings (SSSR count). The summed E-state index contributed by atoms with van der Waals surface area (Å²) in [5.74, 6) is -0.424. The van der Waals surface area contributed by atoms with E-state index in [1.165, 1.54) is 18.3 Å². The van der Waals surface area contributed by atoms with E-state index in [-0.39, 0.29) is 24.2 Å². The lowest BCUT2D eigenvalue weighted by Gasteiger charge is -2.18. The van der Waals surface area contributed by atoms with Crippen LogP contribution in [0.3, 0.4) is 0 Å². The average molecular weight is 434 g/mol. The fourth-order valence-corrected chi connectivity index (χ4v) is 4.46. The van der Waals surface area contributed by atoms with E-state index < -0.39 is 0 Å². The second-order valence-corrected chi connectivity index (χ2v) is 8.21. The van der Waals surface area contributed by atoms with Crippen LogP contribution in [0.2, 0.25) is 0 Å². The lowest BCUT2D eigenvalue weighted by molar-refractivity contribution is -0.121. The van der Waals surface area contributed by atoms with Crippen LogP contribution < -0.4 is 5.32 Å². The molecular formula is C23H20FN5OS. The number of nitrogens with one attached hydrogen (secondary N) is 1. The van der Waals surface area contributed by atoms with E-state index in [1.54, 1.807) is 28.0 Å². The first-order valence-electron chi connectivity index (χ1n) is 9.80. The van der Waals surface area contributed by atoms with Gasteiger partial charge in [0.25, 0.3) is 0 Å². The van der Waals surface area contributed by atoms with E-state index in [9.17, 15) is 14.4 Å². The summed E-state index contributed by atoms with van der Waals surface area (Å²) < 4.78 is 15.0. The number of fused-ring (bicyclic) bond motifs is 1. The molecule has 0 saturated carbocycles. The van der Waals surface area contributed by atoms with E-state index in [4.69, 9.17) is 0 Å². The number of nitrogens with zero attached hydrogens (tertiary/aromatic N) is 4. The Kier molecular flexibility index (Phi) is 5.78. The first-order chi connectivity index (χ1) is 15.0. The topological polar surface area (TPSA) is 83.1 Å². The van der Waals surface area contributed by atoms with E-state index in [0.29, 0.717) is 17.6 Å². The number of carbonyl (C=O) groups is 1. The molecule has 0 spiro atoms. The molecule has 6 nitrogen and oxygen atoms in total. The highest BCUT2D eigenvalue weighted by Crippen LogP contribution is 2.26. The van der Waals surface area contributed by atoms with Crippen LogP contribution in [-0.2, 0) is 11.2 Å². The number of halogens is 1. The molecular weight excluding hydrogens is 413 g/mol. The number of nitriles is 1. The molecule has 31 heavy (non-hydrogen) atoms. The van der Waals surface area contributed by atoms with Crippen molar-refractivity contribution in [2.45, 2.75) is 32.7 Å². The molecule has 1 amide bonds. The molecule has 4 aromatic rings. The molecule has 3 heterocycles. The maximum atomic E-state index is 13.4. The summed E-state index contributed by atoms with van der Waals surface area (Å²) in [5, 5.41) is 18.5. The Labute approximate surface area is 183 Å². The predicted octanol–water partition coefficient (Wildman–Crippen LogP) is 4.26. The second-order valence-electron chi connectivity index (χ2n) is 7.23. The number of hydrogen-bond donors (Lipinski definition) is 1. The highest BCUT2D eigenvalue weighted by Gasteiger charge is 2.19. The zero-order valence-corrected chi connectivity index (χ0v) is 17.9. The van der Waals surface area contributed by atoms with Gasteiger partial charge in [-0.3, -0.25) is 4.79 Å². The zero-order valence-electron chi connectivity index (χ0n) is 17.1. The minimum atomic E-state index is -0.333. The molecule has 1 N–H and O–H groups in total. The maximum absolute atomic E-state index is 13.4. The summed E-state index contributed by atoms with van der Waals surface area (Å²) in [7, 11) is 0. The highest BCUT2D eigenvalue weighted by atomic mass is 32.1. The third-order valence-electron chi connectivity index (χ3n) is 5.27. The third kappa shape index (κ3) is 4.18. The lowest BCUT2D eigenvalue weighted by atomic mass is 10.0.